The second-order valence-electron chi connectivity index (χ2n) is 5.12. The van der Waals surface area contributed by atoms with Gasteiger partial charge in [-0.05, 0) is 25.0 Å². The van der Waals surface area contributed by atoms with E-state index in [0.717, 1.165) is 6.42 Å². The van der Waals surface area contributed by atoms with Crippen LogP contribution in [0.1, 0.15) is 12.8 Å². The number of amides is 1. The third-order valence-corrected chi connectivity index (χ3v) is 4.24. The Hall–Kier alpha value is -1.63. The highest BCUT2D eigenvalue weighted by atomic mass is 35.5. The van der Waals surface area contributed by atoms with Gasteiger partial charge in [-0.1, -0.05) is 23.2 Å². The summed E-state index contributed by atoms with van der Waals surface area (Å²) < 4.78 is 5.54. The molecule has 0 unspecified atom stereocenters. The van der Waals surface area contributed by atoms with Crippen molar-refractivity contribution >= 4 is 46.0 Å². The van der Waals surface area contributed by atoms with E-state index in [0.29, 0.717) is 39.9 Å². The first-order chi connectivity index (χ1) is 10.5. The fraction of sp³-hybridized carbons (Fsp3) is 0.357. The Morgan fingerprint density at radius 1 is 1.32 bits per heavy atom. The highest BCUT2D eigenvalue weighted by Gasteiger charge is 2.28. The third-order valence-electron chi connectivity index (χ3n) is 3.52. The van der Waals surface area contributed by atoms with Crippen molar-refractivity contribution < 1.29 is 9.53 Å². The SMILES string of the molecule is NC(=O)[C@H]1CC[C@H](CNc2cnc3cc(Cl)c(Cl)cc3n2)O1. The van der Waals surface area contributed by atoms with E-state index in [2.05, 4.69) is 15.3 Å². The molecule has 2 aromatic rings. The van der Waals surface area contributed by atoms with Crippen molar-refractivity contribution in [3.05, 3.63) is 28.4 Å². The fourth-order valence-corrected chi connectivity index (χ4v) is 2.69. The first kappa shape index (κ1) is 15.3. The van der Waals surface area contributed by atoms with Gasteiger partial charge in [0.2, 0.25) is 5.91 Å². The summed E-state index contributed by atoms with van der Waals surface area (Å²) in [6.45, 7) is 0.533. The number of anilines is 1. The molecule has 3 N–H and O–H groups in total. The van der Waals surface area contributed by atoms with Crippen molar-refractivity contribution in [2.75, 3.05) is 11.9 Å². The predicted octanol–water partition coefficient (Wildman–Crippen LogP) is 2.38. The van der Waals surface area contributed by atoms with E-state index in [-0.39, 0.29) is 6.10 Å². The molecule has 1 fully saturated rings. The molecule has 1 aliphatic rings. The van der Waals surface area contributed by atoms with Crippen LogP contribution in [0.15, 0.2) is 18.3 Å². The van der Waals surface area contributed by atoms with E-state index in [9.17, 15) is 4.79 Å². The Morgan fingerprint density at radius 2 is 2.05 bits per heavy atom. The lowest BCUT2D eigenvalue weighted by molar-refractivity contribution is -0.128. The van der Waals surface area contributed by atoms with Gasteiger partial charge in [0.1, 0.15) is 11.9 Å². The van der Waals surface area contributed by atoms with Crippen LogP contribution in [0.5, 0.6) is 0 Å². The monoisotopic (exact) mass is 340 g/mol. The summed E-state index contributed by atoms with van der Waals surface area (Å²) in [5.74, 6) is 0.191. The number of nitrogens with two attached hydrogens (primary N) is 1. The van der Waals surface area contributed by atoms with E-state index in [4.69, 9.17) is 33.7 Å². The molecule has 3 rings (SSSR count). The van der Waals surface area contributed by atoms with Gasteiger partial charge in [-0.15, -0.1) is 0 Å². The molecule has 0 radical (unpaired) electrons. The van der Waals surface area contributed by atoms with Crippen LogP contribution in [-0.4, -0.2) is 34.6 Å². The van der Waals surface area contributed by atoms with Crippen LogP contribution in [0.25, 0.3) is 11.0 Å². The normalized spacial score (nSPS) is 21.2. The molecule has 22 heavy (non-hydrogen) atoms. The van der Waals surface area contributed by atoms with E-state index >= 15 is 0 Å². The standard InChI is InChI=1S/C14H14Cl2N4O2/c15-8-3-10-11(4-9(8)16)20-13(6-18-10)19-5-7-1-2-12(22-7)14(17)21/h3-4,6-7,12H,1-2,5H2,(H2,17,21)(H,19,20)/t7-,12-/m1/s1. The number of hydrogen-bond donors (Lipinski definition) is 2. The maximum absolute atomic E-state index is 11.1. The second kappa shape index (κ2) is 6.24. The van der Waals surface area contributed by atoms with Gasteiger partial charge in [-0.2, -0.15) is 0 Å². The smallest absolute Gasteiger partial charge is 0.246 e. The van der Waals surface area contributed by atoms with Gasteiger partial charge in [-0.25, -0.2) is 4.98 Å². The topological polar surface area (TPSA) is 90.1 Å². The number of halogens is 2. The van der Waals surface area contributed by atoms with Crippen LogP contribution in [0, 0.1) is 0 Å². The predicted molar refractivity (Wildman–Crippen MR) is 85.1 cm³/mol. The molecule has 8 heteroatoms. The molecule has 1 saturated heterocycles. The number of aromatic nitrogens is 2. The molecular formula is C14H14Cl2N4O2. The number of hydrogen-bond acceptors (Lipinski definition) is 5. The van der Waals surface area contributed by atoms with Crippen LogP contribution in [0.3, 0.4) is 0 Å². The molecule has 1 amide bonds. The van der Waals surface area contributed by atoms with E-state index < -0.39 is 12.0 Å². The number of nitrogens with one attached hydrogen (secondary N) is 1. The lowest BCUT2D eigenvalue weighted by Gasteiger charge is -2.13. The summed E-state index contributed by atoms with van der Waals surface area (Å²) in [7, 11) is 0. The first-order valence-corrected chi connectivity index (χ1v) is 7.59. The van der Waals surface area contributed by atoms with E-state index in [1.54, 1.807) is 18.3 Å². The number of nitrogens with zero attached hydrogens (tertiary/aromatic N) is 2. The molecule has 1 aromatic heterocycles. The van der Waals surface area contributed by atoms with Crippen LogP contribution < -0.4 is 11.1 Å². The van der Waals surface area contributed by atoms with Crippen LogP contribution >= 0.6 is 23.2 Å². The molecule has 0 saturated carbocycles. The molecule has 0 aliphatic carbocycles. The minimum Gasteiger partial charge on any atom is -0.367 e. The third kappa shape index (κ3) is 3.24. The fourth-order valence-electron chi connectivity index (χ4n) is 2.38. The van der Waals surface area contributed by atoms with Gasteiger partial charge in [0.05, 0.1) is 33.4 Å². The quantitative estimate of drug-likeness (QED) is 0.891. The van der Waals surface area contributed by atoms with Crippen LogP contribution in [0.2, 0.25) is 10.0 Å². The number of fused-ring (bicyclic) bond motifs is 1. The van der Waals surface area contributed by atoms with Crippen LogP contribution in [0.4, 0.5) is 5.82 Å². The first-order valence-electron chi connectivity index (χ1n) is 6.83. The van der Waals surface area contributed by atoms with E-state index in [1.165, 1.54) is 0 Å². The summed E-state index contributed by atoms with van der Waals surface area (Å²) in [6.07, 6.45) is 2.49. The van der Waals surface area contributed by atoms with Gasteiger partial charge in [0, 0.05) is 6.54 Å². The molecule has 1 aliphatic heterocycles. The number of carbonyl (C=O) groups excluding carboxylic acids is 1. The lowest BCUT2D eigenvalue weighted by Crippen LogP contribution is -2.30. The molecule has 116 valence electrons. The van der Waals surface area contributed by atoms with Gasteiger partial charge >= 0.3 is 0 Å². The maximum Gasteiger partial charge on any atom is 0.246 e. The van der Waals surface area contributed by atoms with Crippen molar-refractivity contribution in [2.24, 2.45) is 5.73 Å². The number of rotatable bonds is 4. The molecular weight excluding hydrogens is 327 g/mol. The largest absolute Gasteiger partial charge is 0.367 e. The van der Waals surface area contributed by atoms with Crippen molar-refractivity contribution in [1.29, 1.82) is 0 Å². The van der Waals surface area contributed by atoms with Gasteiger partial charge in [0.15, 0.2) is 0 Å². The summed E-state index contributed by atoms with van der Waals surface area (Å²) >= 11 is 11.9. The zero-order valence-corrected chi connectivity index (χ0v) is 13.1. The minimum atomic E-state index is -0.490. The van der Waals surface area contributed by atoms with Crippen molar-refractivity contribution in [3.63, 3.8) is 0 Å². The number of primary amides is 1. The summed E-state index contributed by atoms with van der Waals surface area (Å²) in [5.41, 5.74) is 6.55. The van der Waals surface area contributed by atoms with Crippen molar-refractivity contribution in [1.82, 2.24) is 9.97 Å². The van der Waals surface area contributed by atoms with Crippen LogP contribution in [-0.2, 0) is 9.53 Å². The summed E-state index contributed by atoms with van der Waals surface area (Å²) in [4.78, 5) is 19.8. The highest BCUT2D eigenvalue weighted by molar-refractivity contribution is 6.42. The van der Waals surface area contributed by atoms with Crippen molar-refractivity contribution in [3.8, 4) is 0 Å². The number of benzene rings is 1. The summed E-state index contributed by atoms with van der Waals surface area (Å²) in [6, 6.07) is 3.35. The highest BCUT2D eigenvalue weighted by Crippen LogP contribution is 2.26. The van der Waals surface area contributed by atoms with Gasteiger partial charge in [-0.3, -0.25) is 9.78 Å². The number of ether oxygens (including phenoxy) is 1. The zero-order chi connectivity index (χ0) is 15.7. The molecule has 6 nitrogen and oxygen atoms in total. The Morgan fingerprint density at radius 3 is 2.73 bits per heavy atom. The Balaban J connectivity index is 1.67. The molecule has 0 spiro atoms. The zero-order valence-electron chi connectivity index (χ0n) is 11.6. The molecule has 1 aromatic carbocycles. The molecule has 2 atom stereocenters. The Bertz CT molecular complexity index is 725. The maximum atomic E-state index is 11.1. The second-order valence-corrected chi connectivity index (χ2v) is 5.93. The molecule has 0 bridgehead atoms. The molecule has 2 heterocycles. The Labute approximate surface area is 137 Å². The summed E-state index contributed by atoms with van der Waals surface area (Å²) in [5, 5.41) is 4.03. The lowest BCUT2D eigenvalue weighted by atomic mass is 10.2. The average Bonchev–Trinajstić information content (AvgIpc) is 2.95. The van der Waals surface area contributed by atoms with Gasteiger partial charge < -0.3 is 15.8 Å². The Kier molecular flexibility index (Phi) is 4.33. The van der Waals surface area contributed by atoms with Crippen molar-refractivity contribution in [2.45, 2.75) is 25.0 Å². The van der Waals surface area contributed by atoms with E-state index in [1.807, 2.05) is 0 Å². The average molecular weight is 341 g/mol. The number of carbonyl (C=O) groups is 1. The minimum absolute atomic E-state index is 0.0659. The van der Waals surface area contributed by atoms with Gasteiger partial charge in [0.25, 0.3) is 0 Å².